The standard InChI is InChI=1S/C21H21O3P.H3P/c1-22-16-10-4-7-13-19(16)25(20-14-8-5-11-17(20)23-2)21-15-9-6-12-18(21)24-3;/h4-15H,1-3H3;1H3. The molecule has 0 saturated carbocycles. The van der Waals surface area contributed by atoms with Crippen LogP contribution in [0.15, 0.2) is 72.8 Å². The van der Waals surface area contributed by atoms with Gasteiger partial charge in [0.1, 0.15) is 17.2 Å². The molecule has 3 nitrogen and oxygen atoms in total. The summed E-state index contributed by atoms with van der Waals surface area (Å²) in [7, 11) is 4.21. The summed E-state index contributed by atoms with van der Waals surface area (Å²) in [5, 5.41) is 3.40. The van der Waals surface area contributed by atoms with Gasteiger partial charge in [-0.3, -0.25) is 0 Å². The summed E-state index contributed by atoms with van der Waals surface area (Å²) in [4.78, 5) is 0. The van der Waals surface area contributed by atoms with Crippen molar-refractivity contribution in [2.75, 3.05) is 21.3 Å². The lowest BCUT2D eigenvalue weighted by molar-refractivity contribution is 0.416. The number of methoxy groups -OCH3 is 3. The average Bonchev–Trinajstić information content (AvgIpc) is 2.69. The molecule has 5 heteroatoms. The van der Waals surface area contributed by atoms with Gasteiger partial charge in [0.05, 0.1) is 21.3 Å². The van der Waals surface area contributed by atoms with Gasteiger partial charge in [-0.2, -0.15) is 9.90 Å². The molecule has 0 aliphatic rings. The highest BCUT2D eigenvalue weighted by Gasteiger charge is 2.25. The van der Waals surface area contributed by atoms with E-state index in [0.717, 1.165) is 33.2 Å². The summed E-state index contributed by atoms with van der Waals surface area (Å²) >= 11 is 0. The monoisotopic (exact) mass is 386 g/mol. The Morgan fingerprint density at radius 3 is 1.04 bits per heavy atom. The molecule has 3 aromatic carbocycles. The predicted octanol–water partition coefficient (Wildman–Crippen LogP) is 3.53. The van der Waals surface area contributed by atoms with Crippen molar-refractivity contribution in [3.63, 3.8) is 0 Å². The summed E-state index contributed by atoms with van der Waals surface area (Å²) in [5.74, 6) is 2.60. The van der Waals surface area contributed by atoms with Crippen LogP contribution >= 0.6 is 17.8 Å². The summed E-state index contributed by atoms with van der Waals surface area (Å²) in [6.45, 7) is 0. The Kier molecular flexibility index (Phi) is 7.45. The Morgan fingerprint density at radius 1 is 0.500 bits per heavy atom. The SMILES string of the molecule is COc1ccccc1P(c1ccccc1OC)c1ccccc1OC.P. The van der Waals surface area contributed by atoms with E-state index in [0.29, 0.717) is 0 Å². The Morgan fingerprint density at radius 2 is 0.769 bits per heavy atom. The zero-order valence-electron chi connectivity index (χ0n) is 15.3. The number of rotatable bonds is 6. The summed E-state index contributed by atoms with van der Waals surface area (Å²) in [6.07, 6.45) is 0. The molecule has 3 rings (SSSR count). The molecule has 0 aliphatic carbocycles. The van der Waals surface area contributed by atoms with Crippen LogP contribution in [0.25, 0.3) is 0 Å². The van der Waals surface area contributed by atoms with E-state index < -0.39 is 7.92 Å². The first-order valence-corrected chi connectivity index (χ1v) is 9.33. The number of hydrogen-bond acceptors (Lipinski definition) is 3. The highest BCUT2D eigenvalue weighted by Crippen LogP contribution is 2.41. The third kappa shape index (κ3) is 4.01. The molecule has 1 atom stereocenters. The van der Waals surface area contributed by atoms with E-state index in [1.807, 2.05) is 54.6 Å². The van der Waals surface area contributed by atoms with Crippen molar-refractivity contribution in [2.45, 2.75) is 0 Å². The molecule has 136 valence electrons. The minimum atomic E-state index is -0.901. The lowest BCUT2D eigenvalue weighted by atomic mass is 10.3. The van der Waals surface area contributed by atoms with Crippen LogP contribution in [0.5, 0.6) is 17.2 Å². The molecule has 0 amide bonds. The minimum absolute atomic E-state index is 0. The van der Waals surface area contributed by atoms with Gasteiger partial charge < -0.3 is 14.2 Å². The van der Waals surface area contributed by atoms with E-state index in [4.69, 9.17) is 14.2 Å². The van der Waals surface area contributed by atoms with E-state index in [1.165, 1.54) is 0 Å². The first kappa shape index (κ1) is 20.2. The third-order valence-corrected chi connectivity index (χ3v) is 6.53. The van der Waals surface area contributed by atoms with Gasteiger partial charge in [-0.05, 0) is 26.1 Å². The van der Waals surface area contributed by atoms with Crippen LogP contribution in [-0.2, 0) is 0 Å². The summed E-state index contributed by atoms with van der Waals surface area (Å²) in [6, 6.07) is 24.4. The highest BCUT2D eigenvalue weighted by molar-refractivity contribution is 7.80. The van der Waals surface area contributed by atoms with Crippen LogP contribution in [0.2, 0.25) is 0 Å². The normalized spacial score (nSPS) is 10.2. The van der Waals surface area contributed by atoms with Gasteiger partial charge in [-0.25, -0.2) is 0 Å². The minimum Gasteiger partial charge on any atom is -0.496 e. The fraction of sp³-hybridized carbons (Fsp3) is 0.143. The second-order valence-electron chi connectivity index (χ2n) is 5.35. The van der Waals surface area contributed by atoms with Crippen LogP contribution in [0, 0.1) is 0 Å². The second kappa shape index (κ2) is 9.57. The van der Waals surface area contributed by atoms with Crippen LogP contribution in [0.1, 0.15) is 0 Å². The van der Waals surface area contributed by atoms with Gasteiger partial charge in [-0.1, -0.05) is 54.6 Å². The topological polar surface area (TPSA) is 27.7 Å². The average molecular weight is 386 g/mol. The third-order valence-electron chi connectivity index (χ3n) is 3.98. The first-order valence-electron chi connectivity index (χ1n) is 7.99. The molecule has 3 aromatic rings. The smallest absolute Gasteiger partial charge is 0.127 e. The van der Waals surface area contributed by atoms with Crippen LogP contribution in [0.4, 0.5) is 0 Å². The Labute approximate surface area is 159 Å². The quantitative estimate of drug-likeness (QED) is 0.607. The maximum absolute atomic E-state index is 5.65. The summed E-state index contributed by atoms with van der Waals surface area (Å²) in [5.41, 5.74) is 0. The van der Waals surface area contributed by atoms with Gasteiger partial charge in [-0.15, -0.1) is 0 Å². The van der Waals surface area contributed by atoms with Crippen molar-refractivity contribution in [1.82, 2.24) is 0 Å². The van der Waals surface area contributed by atoms with Gasteiger partial charge in [0.2, 0.25) is 0 Å². The number of benzene rings is 3. The zero-order chi connectivity index (χ0) is 17.6. The first-order chi connectivity index (χ1) is 12.3. The van der Waals surface area contributed by atoms with Crippen molar-refractivity contribution in [3.05, 3.63) is 72.8 Å². The molecular formula is C21H24O3P2. The maximum atomic E-state index is 5.65. The molecule has 0 heterocycles. The zero-order valence-corrected chi connectivity index (χ0v) is 17.6. The Hall–Kier alpha value is -2.08. The predicted molar refractivity (Wildman–Crippen MR) is 116 cm³/mol. The largest absolute Gasteiger partial charge is 0.496 e. The van der Waals surface area contributed by atoms with Crippen molar-refractivity contribution < 1.29 is 14.2 Å². The molecule has 0 aromatic heterocycles. The van der Waals surface area contributed by atoms with Gasteiger partial charge >= 0.3 is 0 Å². The Bertz CT molecular complexity index is 739. The fourth-order valence-corrected chi connectivity index (χ4v) is 5.48. The van der Waals surface area contributed by atoms with Crippen LogP contribution in [0.3, 0.4) is 0 Å². The molecule has 0 N–H and O–H groups in total. The number of ether oxygens (including phenoxy) is 3. The lowest BCUT2D eigenvalue weighted by Gasteiger charge is -2.24. The van der Waals surface area contributed by atoms with Crippen LogP contribution in [-0.4, -0.2) is 21.3 Å². The second-order valence-corrected chi connectivity index (χ2v) is 7.47. The van der Waals surface area contributed by atoms with Crippen molar-refractivity contribution in [2.24, 2.45) is 0 Å². The fourth-order valence-electron chi connectivity index (χ4n) is 2.83. The molecule has 0 fully saturated rings. The number of para-hydroxylation sites is 3. The van der Waals surface area contributed by atoms with E-state index in [1.54, 1.807) is 21.3 Å². The number of hydrogen-bond donors (Lipinski definition) is 0. The summed E-state index contributed by atoms with van der Waals surface area (Å²) < 4.78 is 17.0. The van der Waals surface area contributed by atoms with Crippen molar-refractivity contribution in [1.29, 1.82) is 0 Å². The molecule has 0 saturated heterocycles. The maximum Gasteiger partial charge on any atom is 0.127 e. The lowest BCUT2D eigenvalue weighted by Crippen LogP contribution is -2.24. The molecule has 0 radical (unpaired) electrons. The highest BCUT2D eigenvalue weighted by atomic mass is 31.1. The molecule has 1 unspecified atom stereocenters. The van der Waals surface area contributed by atoms with Gasteiger partial charge in [0, 0.05) is 15.9 Å². The molecule has 0 bridgehead atoms. The van der Waals surface area contributed by atoms with E-state index in [2.05, 4.69) is 18.2 Å². The van der Waals surface area contributed by atoms with E-state index in [9.17, 15) is 0 Å². The van der Waals surface area contributed by atoms with E-state index in [-0.39, 0.29) is 9.90 Å². The van der Waals surface area contributed by atoms with Crippen molar-refractivity contribution >= 4 is 33.7 Å². The molecular weight excluding hydrogens is 362 g/mol. The molecule has 26 heavy (non-hydrogen) atoms. The van der Waals surface area contributed by atoms with E-state index >= 15 is 0 Å². The molecule has 0 spiro atoms. The van der Waals surface area contributed by atoms with Crippen molar-refractivity contribution in [3.8, 4) is 17.2 Å². The molecule has 0 aliphatic heterocycles. The van der Waals surface area contributed by atoms with Gasteiger partial charge in [0.15, 0.2) is 0 Å². The Balaban J connectivity index is 0.00000243. The van der Waals surface area contributed by atoms with Gasteiger partial charge in [0.25, 0.3) is 0 Å². The van der Waals surface area contributed by atoms with Crippen LogP contribution < -0.4 is 30.1 Å².